The summed E-state index contributed by atoms with van der Waals surface area (Å²) in [6.07, 6.45) is 4.00. The molecule has 0 spiro atoms. The summed E-state index contributed by atoms with van der Waals surface area (Å²) < 4.78 is 5.70. The number of hydrogen-bond acceptors (Lipinski definition) is 6. The predicted molar refractivity (Wildman–Crippen MR) is 70.6 cm³/mol. The molecule has 0 amide bonds. The number of ether oxygens (including phenoxy) is 1. The van der Waals surface area contributed by atoms with Crippen LogP contribution in [0.1, 0.15) is 23.9 Å². The lowest BCUT2D eigenvalue weighted by molar-refractivity contribution is 0.0864. The molecule has 0 unspecified atom stereocenters. The van der Waals surface area contributed by atoms with Crippen molar-refractivity contribution in [3.8, 4) is 6.07 Å². The first kappa shape index (κ1) is 12.6. The molecule has 0 aromatic carbocycles. The van der Waals surface area contributed by atoms with E-state index in [1.807, 2.05) is 0 Å². The van der Waals surface area contributed by atoms with Crippen molar-refractivity contribution in [2.45, 2.75) is 12.5 Å². The molecule has 7 heteroatoms. The van der Waals surface area contributed by atoms with E-state index in [1.54, 1.807) is 18.3 Å². The second-order valence-corrected chi connectivity index (χ2v) is 4.60. The molecule has 2 aromatic heterocycles. The maximum Gasteiger partial charge on any atom is 0.153 e. The summed E-state index contributed by atoms with van der Waals surface area (Å²) >= 11 is 0. The number of pyridine rings is 1. The number of nitrogens with zero attached hydrogens (tertiary/aromatic N) is 4. The Labute approximate surface area is 116 Å². The zero-order valence-electron chi connectivity index (χ0n) is 10.8. The third-order valence-electron chi connectivity index (χ3n) is 3.38. The van der Waals surface area contributed by atoms with Crippen molar-refractivity contribution in [1.82, 2.24) is 20.2 Å². The van der Waals surface area contributed by atoms with Gasteiger partial charge in [0.15, 0.2) is 5.82 Å². The molecule has 0 bridgehead atoms. The molecule has 1 fully saturated rings. The standard InChI is InChI=1S/C13H14N6O/c14-6-9-2-1-4-15-12(9)16-7-10-3-5-20-11(10)13-17-8-18-19-13/h1-2,4,8,10-11H,3,5,7H2,(H,15,16)(H,17,18,19)/t10-,11-/m0/s1. The normalized spacial score (nSPS) is 21.6. The lowest BCUT2D eigenvalue weighted by Crippen LogP contribution is -2.19. The van der Waals surface area contributed by atoms with Crippen molar-refractivity contribution in [2.24, 2.45) is 5.92 Å². The zero-order chi connectivity index (χ0) is 13.8. The SMILES string of the molecule is N#Cc1cccnc1NC[C@@H]1CCO[C@@H]1c1ncn[nH]1. The number of hydrogen-bond donors (Lipinski definition) is 2. The van der Waals surface area contributed by atoms with Gasteiger partial charge in [0.2, 0.25) is 0 Å². The van der Waals surface area contributed by atoms with Crippen molar-refractivity contribution in [3.63, 3.8) is 0 Å². The van der Waals surface area contributed by atoms with E-state index in [1.165, 1.54) is 6.33 Å². The topological polar surface area (TPSA) is 99.5 Å². The number of aromatic amines is 1. The molecule has 102 valence electrons. The second-order valence-electron chi connectivity index (χ2n) is 4.60. The quantitative estimate of drug-likeness (QED) is 0.867. The van der Waals surface area contributed by atoms with Crippen LogP contribution in [0.2, 0.25) is 0 Å². The molecule has 1 aliphatic rings. The Morgan fingerprint density at radius 3 is 3.25 bits per heavy atom. The molecule has 2 N–H and O–H groups in total. The average molecular weight is 270 g/mol. The summed E-state index contributed by atoms with van der Waals surface area (Å²) in [6.45, 7) is 1.38. The highest BCUT2D eigenvalue weighted by molar-refractivity contribution is 5.51. The van der Waals surface area contributed by atoms with Gasteiger partial charge >= 0.3 is 0 Å². The van der Waals surface area contributed by atoms with Gasteiger partial charge in [-0.1, -0.05) is 0 Å². The average Bonchev–Trinajstić information content (AvgIpc) is 3.15. The van der Waals surface area contributed by atoms with E-state index in [9.17, 15) is 0 Å². The maximum absolute atomic E-state index is 9.03. The number of H-pyrrole nitrogens is 1. The lowest BCUT2D eigenvalue weighted by Gasteiger charge is -2.17. The monoisotopic (exact) mass is 270 g/mol. The van der Waals surface area contributed by atoms with Gasteiger partial charge in [0.05, 0.1) is 5.56 Å². The van der Waals surface area contributed by atoms with Crippen LogP contribution < -0.4 is 5.32 Å². The highest BCUT2D eigenvalue weighted by atomic mass is 16.5. The Balaban J connectivity index is 1.67. The molecular weight excluding hydrogens is 256 g/mol. The van der Waals surface area contributed by atoms with Crippen LogP contribution in [0.5, 0.6) is 0 Å². The summed E-state index contributed by atoms with van der Waals surface area (Å²) in [7, 11) is 0. The molecule has 20 heavy (non-hydrogen) atoms. The highest BCUT2D eigenvalue weighted by Gasteiger charge is 2.31. The minimum Gasteiger partial charge on any atom is -0.370 e. The van der Waals surface area contributed by atoms with Crippen LogP contribution in [0.3, 0.4) is 0 Å². The summed E-state index contributed by atoms with van der Waals surface area (Å²) in [5.74, 6) is 1.63. The third kappa shape index (κ3) is 2.46. The van der Waals surface area contributed by atoms with E-state index in [0.717, 1.165) is 12.2 Å². The largest absolute Gasteiger partial charge is 0.370 e. The van der Waals surface area contributed by atoms with Gasteiger partial charge in [-0.15, -0.1) is 0 Å². The Morgan fingerprint density at radius 1 is 1.50 bits per heavy atom. The van der Waals surface area contributed by atoms with Gasteiger partial charge in [-0.3, -0.25) is 5.10 Å². The van der Waals surface area contributed by atoms with Crippen molar-refractivity contribution in [1.29, 1.82) is 5.26 Å². The smallest absolute Gasteiger partial charge is 0.153 e. The van der Waals surface area contributed by atoms with E-state index in [2.05, 4.69) is 31.6 Å². The molecule has 3 rings (SSSR count). The van der Waals surface area contributed by atoms with Gasteiger partial charge in [0.1, 0.15) is 24.3 Å². The fraction of sp³-hybridized carbons (Fsp3) is 0.385. The number of anilines is 1. The Morgan fingerprint density at radius 2 is 2.45 bits per heavy atom. The van der Waals surface area contributed by atoms with Gasteiger partial charge in [0, 0.05) is 25.3 Å². The molecule has 0 saturated carbocycles. The number of nitrogens with one attached hydrogen (secondary N) is 2. The van der Waals surface area contributed by atoms with Crippen molar-refractivity contribution in [2.75, 3.05) is 18.5 Å². The maximum atomic E-state index is 9.03. The molecule has 2 aromatic rings. The first-order chi connectivity index (χ1) is 9.88. The summed E-state index contributed by atoms with van der Waals surface area (Å²) in [5.41, 5.74) is 0.544. The van der Waals surface area contributed by atoms with Crippen LogP contribution in [-0.2, 0) is 4.74 Å². The summed E-state index contributed by atoms with van der Waals surface area (Å²) in [5, 5.41) is 19.0. The molecular formula is C13H14N6O. The molecule has 3 heterocycles. The first-order valence-electron chi connectivity index (χ1n) is 6.44. The minimum absolute atomic E-state index is 0.0840. The van der Waals surface area contributed by atoms with Crippen LogP contribution in [0.4, 0.5) is 5.82 Å². The van der Waals surface area contributed by atoms with Gasteiger partial charge in [-0.2, -0.15) is 10.4 Å². The molecule has 7 nitrogen and oxygen atoms in total. The molecule has 0 aliphatic carbocycles. The fourth-order valence-corrected chi connectivity index (χ4v) is 2.36. The Bertz CT molecular complexity index is 606. The van der Waals surface area contributed by atoms with Gasteiger partial charge in [-0.25, -0.2) is 9.97 Å². The van der Waals surface area contributed by atoms with Crippen LogP contribution in [0.25, 0.3) is 0 Å². The number of nitriles is 1. The molecule has 0 radical (unpaired) electrons. The lowest BCUT2D eigenvalue weighted by atomic mass is 10.0. The molecule has 2 atom stereocenters. The Hall–Kier alpha value is -2.46. The van der Waals surface area contributed by atoms with Gasteiger partial charge in [-0.05, 0) is 18.6 Å². The summed E-state index contributed by atoms with van der Waals surface area (Å²) in [4.78, 5) is 8.34. The zero-order valence-corrected chi connectivity index (χ0v) is 10.8. The molecule has 1 saturated heterocycles. The van der Waals surface area contributed by atoms with Crippen molar-refractivity contribution >= 4 is 5.82 Å². The van der Waals surface area contributed by atoms with Crippen LogP contribution in [-0.4, -0.2) is 33.3 Å². The minimum atomic E-state index is -0.0840. The van der Waals surface area contributed by atoms with E-state index < -0.39 is 0 Å². The van der Waals surface area contributed by atoms with Crippen LogP contribution >= 0.6 is 0 Å². The van der Waals surface area contributed by atoms with E-state index >= 15 is 0 Å². The Kier molecular flexibility index (Phi) is 3.56. The van der Waals surface area contributed by atoms with Crippen molar-refractivity contribution in [3.05, 3.63) is 36.0 Å². The number of aromatic nitrogens is 4. The number of rotatable bonds is 4. The predicted octanol–water partition coefficient (Wildman–Crippen LogP) is 1.26. The summed E-state index contributed by atoms with van der Waals surface area (Å²) in [6, 6.07) is 5.62. The van der Waals surface area contributed by atoms with E-state index in [-0.39, 0.29) is 12.0 Å². The van der Waals surface area contributed by atoms with E-state index in [0.29, 0.717) is 24.5 Å². The second kappa shape index (κ2) is 5.67. The van der Waals surface area contributed by atoms with Crippen LogP contribution in [0.15, 0.2) is 24.7 Å². The highest BCUT2D eigenvalue weighted by Crippen LogP contribution is 2.32. The van der Waals surface area contributed by atoms with Crippen molar-refractivity contribution < 1.29 is 4.74 Å². The molecule has 1 aliphatic heterocycles. The van der Waals surface area contributed by atoms with Gasteiger partial charge in [0.25, 0.3) is 0 Å². The third-order valence-corrected chi connectivity index (χ3v) is 3.38. The first-order valence-corrected chi connectivity index (χ1v) is 6.44. The van der Waals surface area contributed by atoms with Gasteiger partial charge < -0.3 is 10.1 Å². The van der Waals surface area contributed by atoms with Crippen LogP contribution in [0, 0.1) is 17.2 Å². The van der Waals surface area contributed by atoms with E-state index in [4.69, 9.17) is 10.00 Å². The fourth-order valence-electron chi connectivity index (χ4n) is 2.36.